The highest BCUT2D eigenvalue weighted by Crippen LogP contribution is 2.37. The molecule has 152 valence electrons. The molecule has 1 saturated carbocycles. The summed E-state index contributed by atoms with van der Waals surface area (Å²) in [5.74, 6) is 0.312. The molecule has 5 nitrogen and oxygen atoms in total. The Morgan fingerprint density at radius 1 is 1.03 bits per heavy atom. The summed E-state index contributed by atoms with van der Waals surface area (Å²) in [4.78, 5) is 7.02. The average molecular weight is 394 g/mol. The second kappa shape index (κ2) is 9.13. The van der Waals surface area contributed by atoms with Crippen molar-refractivity contribution in [3.8, 4) is 6.07 Å². The Labute approximate surface area is 171 Å². The molecule has 2 aromatic rings. The molecule has 0 atom stereocenters. The van der Waals surface area contributed by atoms with E-state index in [0.717, 1.165) is 43.1 Å². The molecule has 1 aliphatic carbocycles. The van der Waals surface area contributed by atoms with E-state index in [0.29, 0.717) is 11.7 Å². The lowest BCUT2D eigenvalue weighted by atomic mass is 9.95. The third kappa shape index (κ3) is 4.61. The highest BCUT2D eigenvalue weighted by atomic mass is 19.1. The van der Waals surface area contributed by atoms with Crippen LogP contribution in [0.1, 0.15) is 56.9 Å². The number of nitrogens with zero attached hydrogens (tertiary/aromatic N) is 3. The van der Waals surface area contributed by atoms with Crippen LogP contribution in [0.2, 0.25) is 0 Å². The summed E-state index contributed by atoms with van der Waals surface area (Å²) in [6.07, 6.45) is 11.6. The number of hydrogen-bond donors (Lipinski definition) is 2. The standard InChI is InChI=1S/C23H28FN5/c24-20-15-19(10-9-17(20)16-25)27-22-21(29-13-5-2-6-14-29)11-12-26-23(22)28-18-7-3-1-4-8-18/h9-12,15,18,27H,1-8,13-14H2,(H,26,28). The zero-order chi connectivity index (χ0) is 20.1. The summed E-state index contributed by atoms with van der Waals surface area (Å²) >= 11 is 0. The summed E-state index contributed by atoms with van der Waals surface area (Å²) in [7, 11) is 0. The van der Waals surface area contributed by atoms with E-state index in [2.05, 4.69) is 20.5 Å². The van der Waals surface area contributed by atoms with Gasteiger partial charge in [0.15, 0.2) is 5.82 Å². The largest absolute Gasteiger partial charge is 0.370 e. The van der Waals surface area contributed by atoms with Crippen molar-refractivity contribution >= 4 is 22.9 Å². The number of rotatable bonds is 5. The predicted molar refractivity (Wildman–Crippen MR) is 115 cm³/mol. The Kier molecular flexibility index (Phi) is 6.14. The van der Waals surface area contributed by atoms with Crippen molar-refractivity contribution in [2.75, 3.05) is 28.6 Å². The molecule has 0 spiro atoms. The lowest BCUT2D eigenvalue weighted by molar-refractivity contribution is 0.462. The molecule has 0 amide bonds. The van der Waals surface area contributed by atoms with Gasteiger partial charge in [-0.25, -0.2) is 9.37 Å². The fourth-order valence-electron chi connectivity index (χ4n) is 4.35. The molecular formula is C23H28FN5. The van der Waals surface area contributed by atoms with Crippen LogP contribution in [0.3, 0.4) is 0 Å². The van der Waals surface area contributed by atoms with E-state index in [1.807, 2.05) is 18.3 Å². The van der Waals surface area contributed by atoms with Crippen LogP contribution >= 0.6 is 0 Å². The first-order valence-electron chi connectivity index (χ1n) is 10.7. The van der Waals surface area contributed by atoms with Crippen LogP contribution in [0.15, 0.2) is 30.5 Å². The van der Waals surface area contributed by atoms with E-state index < -0.39 is 5.82 Å². The maximum atomic E-state index is 14.2. The molecule has 4 rings (SSSR count). The van der Waals surface area contributed by atoms with E-state index in [-0.39, 0.29) is 5.56 Å². The van der Waals surface area contributed by atoms with Crippen LogP contribution in [-0.4, -0.2) is 24.1 Å². The molecule has 2 fully saturated rings. The van der Waals surface area contributed by atoms with Gasteiger partial charge in [-0.05, 0) is 56.4 Å². The molecule has 1 saturated heterocycles. The molecule has 2 heterocycles. The minimum atomic E-state index is -0.511. The van der Waals surface area contributed by atoms with Crippen LogP contribution in [-0.2, 0) is 0 Å². The molecule has 1 aromatic carbocycles. The Bertz CT molecular complexity index is 879. The van der Waals surface area contributed by atoms with Gasteiger partial charge in [0.05, 0.1) is 11.3 Å². The van der Waals surface area contributed by atoms with Crippen molar-refractivity contribution in [2.45, 2.75) is 57.4 Å². The van der Waals surface area contributed by atoms with Crippen molar-refractivity contribution in [1.82, 2.24) is 4.98 Å². The Morgan fingerprint density at radius 3 is 2.52 bits per heavy atom. The van der Waals surface area contributed by atoms with Crippen molar-refractivity contribution in [3.63, 3.8) is 0 Å². The van der Waals surface area contributed by atoms with Gasteiger partial charge >= 0.3 is 0 Å². The topological polar surface area (TPSA) is 64.0 Å². The van der Waals surface area contributed by atoms with Crippen molar-refractivity contribution < 1.29 is 4.39 Å². The molecule has 1 aliphatic heterocycles. The SMILES string of the molecule is N#Cc1ccc(Nc2c(N3CCCCC3)ccnc2NC2CCCCC2)cc1F. The van der Waals surface area contributed by atoms with Gasteiger partial charge in [-0.1, -0.05) is 19.3 Å². The van der Waals surface area contributed by atoms with E-state index >= 15 is 0 Å². The summed E-state index contributed by atoms with van der Waals surface area (Å²) in [6.45, 7) is 2.03. The third-order valence-corrected chi connectivity index (χ3v) is 5.93. The van der Waals surface area contributed by atoms with Gasteiger partial charge in [0.25, 0.3) is 0 Å². The maximum absolute atomic E-state index is 14.2. The number of anilines is 4. The summed E-state index contributed by atoms with van der Waals surface area (Å²) in [5, 5.41) is 16.0. The molecule has 29 heavy (non-hydrogen) atoms. The maximum Gasteiger partial charge on any atom is 0.152 e. The van der Waals surface area contributed by atoms with E-state index in [9.17, 15) is 4.39 Å². The molecule has 0 bridgehead atoms. The molecule has 2 N–H and O–H groups in total. The first-order valence-corrected chi connectivity index (χ1v) is 10.7. The minimum Gasteiger partial charge on any atom is -0.370 e. The summed E-state index contributed by atoms with van der Waals surface area (Å²) < 4.78 is 14.2. The van der Waals surface area contributed by atoms with E-state index in [4.69, 9.17) is 5.26 Å². The lowest BCUT2D eigenvalue weighted by Gasteiger charge is -2.32. The fraction of sp³-hybridized carbons (Fsp3) is 0.478. The second-order valence-electron chi connectivity index (χ2n) is 8.01. The van der Waals surface area contributed by atoms with E-state index in [1.165, 1.54) is 50.7 Å². The van der Waals surface area contributed by atoms with Crippen LogP contribution in [0.25, 0.3) is 0 Å². The zero-order valence-electron chi connectivity index (χ0n) is 16.8. The van der Waals surface area contributed by atoms with Gasteiger partial charge in [0.2, 0.25) is 0 Å². The van der Waals surface area contributed by atoms with Crippen LogP contribution in [0, 0.1) is 17.1 Å². The van der Waals surface area contributed by atoms with Crippen LogP contribution in [0.4, 0.5) is 27.3 Å². The Hall–Kier alpha value is -2.81. The van der Waals surface area contributed by atoms with Crippen molar-refractivity contribution in [2.24, 2.45) is 0 Å². The average Bonchev–Trinajstić information content (AvgIpc) is 2.76. The van der Waals surface area contributed by atoms with Gasteiger partial charge in [0, 0.05) is 31.0 Å². The third-order valence-electron chi connectivity index (χ3n) is 5.93. The monoisotopic (exact) mass is 393 g/mol. The van der Waals surface area contributed by atoms with Gasteiger partial charge in [-0.2, -0.15) is 5.26 Å². The molecule has 0 unspecified atom stereocenters. The number of nitriles is 1. The normalized spacial score (nSPS) is 17.6. The van der Waals surface area contributed by atoms with Gasteiger partial charge in [-0.15, -0.1) is 0 Å². The van der Waals surface area contributed by atoms with Gasteiger partial charge < -0.3 is 15.5 Å². The van der Waals surface area contributed by atoms with Crippen molar-refractivity contribution in [3.05, 3.63) is 41.8 Å². The number of piperidine rings is 1. The first kappa shape index (κ1) is 19.5. The number of nitrogens with one attached hydrogen (secondary N) is 2. The molecule has 6 heteroatoms. The minimum absolute atomic E-state index is 0.0542. The van der Waals surface area contributed by atoms with Gasteiger partial charge in [-0.3, -0.25) is 0 Å². The van der Waals surface area contributed by atoms with Gasteiger partial charge in [0.1, 0.15) is 17.6 Å². The number of benzene rings is 1. The molecule has 0 radical (unpaired) electrons. The predicted octanol–water partition coefficient (Wildman–Crippen LogP) is 5.57. The zero-order valence-corrected chi connectivity index (χ0v) is 16.8. The number of aromatic nitrogens is 1. The van der Waals surface area contributed by atoms with E-state index in [1.54, 1.807) is 6.07 Å². The Morgan fingerprint density at radius 2 is 1.79 bits per heavy atom. The number of hydrogen-bond acceptors (Lipinski definition) is 5. The second-order valence-corrected chi connectivity index (χ2v) is 8.01. The fourth-order valence-corrected chi connectivity index (χ4v) is 4.35. The number of halogens is 1. The highest BCUT2D eigenvalue weighted by molar-refractivity contribution is 5.84. The summed E-state index contributed by atoms with van der Waals surface area (Å²) in [6, 6.07) is 8.99. The number of pyridine rings is 1. The first-order chi connectivity index (χ1) is 14.2. The molecule has 1 aromatic heterocycles. The van der Waals surface area contributed by atoms with Crippen molar-refractivity contribution in [1.29, 1.82) is 5.26 Å². The highest BCUT2D eigenvalue weighted by Gasteiger charge is 2.21. The molecule has 2 aliphatic rings. The molecular weight excluding hydrogens is 365 g/mol. The quantitative estimate of drug-likeness (QED) is 0.695. The smallest absolute Gasteiger partial charge is 0.152 e. The Balaban J connectivity index is 1.67. The van der Waals surface area contributed by atoms with Crippen LogP contribution < -0.4 is 15.5 Å². The van der Waals surface area contributed by atoms with Crippen LogP contribution in [0.5, 0.6) is 0 Å². The summed E-state index contributed by atoms with van der Waals surface area (Å²) in [5.41, 5.74) is 2.67. The lowest BCUT2D eigenvalue weighted by Crippen LogP contribution is -2.30.